The molecule has 0 amide bonds. The SMILES string of the molecule is CC(O)C1CCCN(c2ncc([N+](=O)[O-])c(N)n2)C1. The molecule has 0 spiro atoms. The van der Waals surface area contributed by atoms with Gasteiger partial charge in [-0.25, -0.2) is 4.98 Å². The topological polar surface area (TPSA) is 118 Å². The molecule has 19 heavy (non-hydrogen) atoms. The van der Waals surface area contributed by atoms with Gasteiger partial charge in [0.15, 0.2) is 0 Å². The zero-order valence-electron chi connectivity index (χ0n) is 10.7. The molecule has 0 bridgehead atoms. The normalized spacial score (nSPS) is 21.2. The minimum Gasteiger partial charge on any atom is -0.393 e. The van der Waals surface area contributed by atoms with Crippen molar-refractivity contribution in [3.8, 4) is 0 Å². The Hall–Kier alpha value is -1.96. The van der Waals surface area contributed by atoms with Gasteiger partial charge in [0, 0.05) is 19.0 Å². The number of nitrogens with zero attached hydrogens (tertiary/aromatic N) is 4. The van der Waals surface area contributed by atoms with E-state index in [1.165, 1.54) is 0 Å². The van der Waals surface area contributed by atoms with Crippen LogP contribution < -0.4 is 10.6 Å². The number of aliphatic hydroxyl groups is 1. The van der Waals surface area contributed by atoms with Crippen LogP contribution in [0.1, 0.15) is 19.8 Å². The van der Waals surface area contributed by atoms with Gasteiger partial charge in [-0.05, 0) is 19.8 Å². The molecule has 1 fully saturated rings. The maximum atomic E-state index is 10.6. The van der Waals surface area contributed by atoms with Gasteiger partial charge in [-0.1, -0.05) is 0 Å². The predicted molar refractivity (Wildman–Crippen MR) is 69.7 cm³/mol. The number of hydrogen-bond donors (Lipinski definition) is 2. The lowest BCUT2D eigenvalue weighted by molar-refractivity contribution is -0.384. The molecule has 0 radical (unpaired) electrons. The van der Waals surface area contributed by atoms with Crippen molar-refractivity contribution >= 4 is 17.5 Å². The van der Waals surface area contributed by atoms with Crippen LogP contribution >= 0.6 is 0 Å². The molecule has 0 saturated carbocycles. The van der Waals surface area contributed by atoms with Crippen molar-refractivity contribution in [3.05, 3.63) is 16.3 Å². The Morgan fingerprint density at radius 3 is 3.00 bits per heavy atom. The van der Waals surface area contributed by atoms with E-state index in [0.717, 1.165) is 25.6 Å². The van der Waals surface area contributed by atoms with E-state index < -0.39 is 11.0 Å². The summed E-state index contributed by atoms with van der Waals surface area (Å²) in [5.41, 5.74) is 5.27. The molecule has 2 unspecified atom stereocenters. The Balaban J connectivity index is 2.18. The number of anilines is 2. The molecule has 0 aliphatic carbocycles. The molecule has 0 aromatic carbocycles. The monoisotopic (exact) mass is 267 g/mol. The third-order valence-electron chi connectivity index (χ3n) is 3.40. The molecule has 1 saturated heterocycles. The fraction of sp³-hybridized carbons (Fsp3) is 0.636. The van der Waals surface area contributed by atoms with Crippen molar-refractivity contribution < 1.29 is 10.0 Å². The standard InChI is InChI=1S/C11H17N5O3/c1-7(17)8-3-2-4-15(6-8)11-13-5-9(16(18)19)10(12)14-11/h5,7-8,17H,2-4,6H2,1H3,(H2,12,13,14). The Morgan fingerprint density at radius 1 is 1.68 bits per heavy atom. The Labute approximate surface area is 110 Å². The Bertz CT molecular complexity index is 479. The van der Waals surface area contributed by atoms with Crippen LogP contribution in [0, 0.1) is 16.0 Å². The summed E-state index contributed by atoms with van der Waals surface area (Å²) in [5, 5.41) is 20.3. The fourth-order valence-electron chi connectivity index (χ4n) is 2.26. The van der Waals surface area contributed by atoms with Gasteiger partial charge in [-0.15, -0.1) is 0 Å². The number of nitrogen functional groups attached to an aromatic ring is 1. The highest BCUT2D eigenvalue weighted by molar-refractivity contribution is 5.53. The molecule has 2 rings (SSSR count). The number of piperidine rings is 1. The van der Waals surface area contributed by atoms with Crippen LogP contribution in [-0.4, -0.2) is 39.2 Å². The van der Waals surface area contributed by atoms with E-state index in [1.54, 1.807) is 6.92 Å². The number of aliphatic hydroxyl groups excluding tert-OH is 1. The molecule has 104 valence electrons. The van der Waals surface area contributed by atoms with Crippen molar-refractivity contribution in [2.45, 2.75) is 25.9 Å². The molecule has 3 N–H and O–H groups in total. The number of nitro groups is 1. The van der Waals surface area contributed by atoms with Gasteiger partial charge in [-0.2, -0.15) is 4.98 Å². The van der Waals surface area contributed by atoms with Crippen LogP contribution in [-0.2, 0) is 0 Å². The highest BCUT2D eigenvalue weighted by Crippen LogP contribution is 2.25. The second-order valence-electron chi connectivity index (χ2n) is 4.79. The van der Waals surface area contributed by atoms with Gasteiger partial charge in [0.05, 0.1) is 11.0 Å². The van der Waals surface area contributed by atoms with Crippen LogP contribution in [0.2, 0.25) is 0 Å². The van der Waals surface area contributed by atoms with Crippen LogP contribution in [0.4, 0.5) is 17.5 Å². The van der Waals surface area contributed by atoms with Crippen molar-refractivity contribution in [3.63, 3.8) is 0 Å². The number of aromatic nitrogens is 2. The second-order valence-corrected chi connectivity index (χ2v) is 4.79. The zero-order valence-corrected chi connectivity index (χ0v) is 10.7. The van der Waals surface area contributed by atoms with E-state index in [9.17, 15) is 15.2 Å². The molecule has 2 heterocycles. The average molecular weight is 267 g/mol. The zero-order chi connectivity index (χ0) is 14.0. The fourth-order valence-corrected chi connectivity index (χ4v) is 2.26. The van der Waals surface area contributed by atoms with E-state index in [0.29, 0.717) is 12.5 Å². The summed E-state index contributed by atoms with van der Waals surface area (Å²) in [5.74, 6) is 0.413. The molecule has 1 aromatic rings. The molecule has 1 aliphatic heterocycles. The molecule has 8 heteroatoms. The van der Waals surface area contributed by atoms with Crippen molar-refractivity contribution in [1.82, 2.24) is 9.97 Å². The second kappa shape index (κ2) is 5.35. The minimum absolute atomic E-state index is 0.130. The van der Waals surface area contributed by atoms with Crippen molar-refractivity contribution in [2.75, 3.05) is 23.7 Å². The van der Waals surface area contributed by atoms with Crippen LogP contribution in [0.5, 0.6) is 0 Å². The van der Waals surface area contributed by atoms with E-state index in [1.807, 2.05) is 4.90 Å². The number of nitrogens with two attached hydrogens (primary N) is 1. The third-order valence-corrected chi connectivity index (χ3v) is 3.40. The van der Waals surface area contributed by atoms with Crippen LogP contribution in [0.15, 0.2) is 6.20 Å². The predicted octanol–water partition coefficient (Wildman–Crippen LogP) is 0.564. The van der Waals surface area contributed by atoms with Gasteiger partial charge < -0.3 is 15.7 Å². The lowest BCUT2D eigenvalue weighted by Crippen LogP contribution is -2.40. The quantitative estimate of drug-likeness (QED) is 0.606. The summed E-state index contributed by atoms with van der Waals surface area (Å²) >= 11 is 0. The Morgan fingerprint density at radius 2 is 2.42 bits per heavy atom. The molecule has 8 nitrogen and oxygen atoms in total. The van der Waals surface area contributed by atoms with E-state index in [4.69, 9.17) is 5.73 Å². The first-order valence-corrected chi connectivity index (χ1v) is 6.19. The molecule has 1 aromatic heterocycles. The highest BCUT2D eigenvalue weighted by atomic mass is 16.6. The van der Waals surface area contributed by atoms with Gasteiger partial charge in [0.25, 0.3) is 0 Å². The van der Waals surface area contributed by atoms with Crippen LogP contribution in [0.25, 0.3) is 0 Å². The molecule has 1 aliphatic rings. The summed E-state index contributed by atoms with van der Waals surface area (Å²) in [6.45, 7) is 3.16. The van der Waals surface area contributed by atoms with Gasteiger partial charge in [0.2, 0.25) is 11.8 Å². The van der Waals surface area contributed by atoms with E-state index in [-0.39, 0.29) is 17.4 Å². The third kappa shape index (κ3) is 2.90. The van der Waals surface area contributed by atoms with Gasteiger partial charge in [-0.3, -0.25) is 10.1 Å². The first-order valence-electron chi connectivity index (χ1n) is 6.19. The lowest BCUT2D eigenvalue weighted by atomic mass is 9.94. The first-order chi connectivity index (χ1) is 8.99. The number of hydrogen-bond acceptors (Lipinski definition) is 7. The van der Waals surface area contributed by atoms with E-state index >= 15 is 0 Å². The number of rotatable bonds is 3. The maximum Gasteiger partial charge on any atom is 0.329 e. The van der Waals surface area contributed by atoms with E-state index in [2.05, 4.69) is 9.97 Å². The summed E-state index contributed by atoms with van der Waals surface area (Å²) in [6, 6.07) is 0. The van der Waals surface area contributed by atoms with Crippen molar-refractivity contribution in [2.24, 2.45) is 5.92 Å². The summed E-state index contributed by atoms with van der Waals surface area (Å²) in [4.78, 5) is 19.9. The van der Waals surface area contributed by atoms with Crippen molar-refractivity contribution in [1.29, 1.82) is 0 Å². The smallest absolute Gasteiger partial charge is 0.329 e. The van der Waals surface area contributed by atoms with Crippen LogP contribution in [0.3, 0.4) is 0 Å². The summed E-state index contributed by atoms with van der Waals surface area (Å²) in [6.07, 6.45) is 2.62. The summed E-state index contributed by atoms with van der Waals surface area (Å²) < 4.78 is 0. The molecular formula is C11H17N5O3. The highest BCUT2D eigenvalue weighted by Gasteiger charge is 2.26. The minimum atomic E-state index is -0.603. The van der Waals surface area contributed by atoms with Gasteiger partial charge in [0.1, 0.15) is 6.20 Å². The Kier molecular flexibility index (Phi) is 3.79. The largest absolute Gasteiger partial charge is 0.393 e. The molecule has 2 atom stereocenters. The average Bonchev–Trinajstić information content (AvgIpc) is 2.38. The first kappa shape index (κ1) is 13.5. The molecular weight excluding hydrogens is 250 g/mol. The van der Waals surface area contributed by atoms with Gasteiger partial charge >= 0.3 is 5.69 Å². The maximum absolute atomic E-state index is 10.6. The lowest BCUT2D eigenvalue weighted by Gasteiger charge is -2.34. The summed E-state index contributed by atoms with van der Waals surface area (Å²) in [7, 11) is 0.